The molecule has 4 heterocycles. The van der Waals surface area contributed by atoms with Crippen molar-refractivity contribution in [1.29, 1.82) is 0 Å². The van der Waals surface area contributed by atoms with Crippen LogP contribution in [0.15, 0.2) is 43.1 Å². The summed E-state index contributed by atoms with van der Waals surface area (Å²) in [5, 5.41) is 4.30. The van der Waals surface area contributed by atoms with Gasteiger partial charge < -0.3 is 4.90 Å². The number of hydrogen-bond acceptors (Lipinski definition) is 6. The Morgan fingerprint density at radius 3 is 2.70 bits per heavy atom. The molecule has 1 aliphatic rings. The molecule has 0 amide bonds. The zero-order valence-electron chi connectivity index (χ0n) is 13.1. The average Bonchev–Trinajstić information content (AvgIpc) is 3.11. The fourth-order valence-corrected chi connectivity index (χ4v) is 3.10. The number of hydrogen-bond donors (Lipinski definition) is 0. The van der Waals surface area contributed by atoms with Crippen molar-refractivity contribution < 1.29 is 0 Å². The maximum Gasteiger partial charge on any atom is 0.175 e. The normalized spacial score (nSPS) is 17.5. The molecule has 3 aromatic rings. The van der Waals surface area contributed by atoms with Crippen LogP contribution in [0.4, 0.5) is 5.82 Å². The Bertz CT molecular complexity index is 777. The lowest BCUT2D eigenvalue weighted by atomic mass is 10.1. The third kappa shape index (κ3) is 2.63. The second-order valence-electron chi connectivity index (χ2n) is 5.75. The molecule has 1 saturated heterocycles. The van der Waals surface area contributed by atoms with Crippen LogP contribution < -0.4 is 4.90 Å². The molecule has 118 valence electrons. The lowest BCUT2D eigenvalue weighted by Gasteiger charge is -2.38. The minimum absolute atomic E-state index is 0.332. The Morgan fingerprint density at radius 1 is 1.04 bits per heavy atom. The molecular weight excluding hydrogens is 290 g/mol. The Balaban J connectivity index is 1.48. The summed E-state index contributed by atoms with van der Waals surface area (Å²) < 4.78 is 1.85. The first-order chi connectivity index (χ1) is 11.3. The van der Waals surface area contributed by atoms with Crippen molar-refractivity contribution in [2.24, 2.45) is 0 Å². The highest BCUT2D eigenvalue weighted by Gasteiger charge is 2.24. The first-order valence-electron chi connectivity index (χ1n) is 7.86. The predicted octanol–water partition coefficient (Wildman–Crippen LogP) is 1.40. The number of aromatic nitrogens is 5. The number of anilines is 1. The van der Waals surface area contributed by atoms with Crippen molar-refractivity contribution in [2.75, 3.05) is 31.1 Å². The monoisotopic (exact) mass is 309 g/mol. The van der Waals surface area contributed by atoms with Crippen LogP contribution in [0.3, 0.4) is 0 Å². The van der Waals surface area contributed by atoms with Crippen molar-refractivity contribution in [2.45, 2.75) is 13.0 Å². The molecule has 1 fully saturated rings. The molecule has 1 atom stereocenters. The van der Waals surface area contributed by atoms with Gasteiger partial charge in [-0.1, -0.05) is 6.07 Å². The van der Waals surface area contributed by atoms with Crippen LogP contribution in [-0.4, -0.2) is 55.6 Å². The van der Waals surface area contributed by atoms with Crippen molar-refractivity contribution in [3.05, 3.63) is 48.8 Å². The first kappa shape index (κ1) is 14.1. The third-order valence-corrected chi connectivity index (χ3v) is 4.47. The van der Waals surface area contributed by atoms with Crippen LogP contribution in [0.1, 0.15) is 18.7 Å². The molecule has 1 aliphatic heterocycles. The Morgan fingerprint density at radius 2 is 1.91 bits per heavy atom. The van der Waals surface area contributed by atoms with E-state index >= 15 is 0 Å². The van der Waals surface area contributed by atoms with Gasteiger partial charge in [0.1, 0.15) is 6.33 Å². The van der Waals surface area contributed by atoms with E-state index in [1.165, 1.54) is 0 Å². The molecule has 0 saturated carbocycles. The Hall–Kier alpha value is -2.54. The van der Waals surface area contributed by atoms with E-state index in [0.29, 0.717) is 6.04 Å². The van der Waals surface area contributed by atoms with Gasteiger partial charge in [0.2, 0.25) is 0 Å². The molecule has 7 nitrogen and oxygen atoms in total. The number of rotatable bonds is 3. The highest BCUT2D eigenvalue weighted by molar-refractivity contribution is 5.46. The van der Waals surface area contributed by atoms with Gasteiger partial charge in [-0.05, 0) is 19.1 Å². The van der Waals surface area contributed by atoms with Crippen LogP contribution in [0.25, 0.3) is 5.65 Å². The summed E-state index contributed by atoms with van der Waals surface area (Å²) in [6.07, 6.45) is 7.02. The van der Waals surface area contributed by atoms with Gasteiger partial charge in [0.25, 0.3) is 0 Å². The van der Waals surface area contributed by atoms with Crippen molar-refractivity contribution in [3.8, 4) is 0 Å². The summed E-state index contributed by atoms with van der Waals surface area (Å²) in [6, 6.07) is 6.43. The second-order valence-corrected chi connectivity index (χ2v) is 5.75. The van der Waals surface area contributed by atoms with Crippen molar-refractivity contribution in [1.82, 2.24) is 29.5 Å². The van der Waals surface area contributed by atoms with E-state index in [1.807, 2.05) is 29.0 Å². The fourth-order valence-electron chi connectivity index (χ4n) is 3.10. The van der Waals surface area contributed by atoms with E-state index in [2.05, 4.69) is 42.8 Å². The van der Waals surface area contributed by atoms with Gasteiger partial charge in [-0.2, -0.15) is 9.61 Å². The zero-order chi connectivity index (χ0) is 15.6. The summed E-state index contributed by atoms with van der Waals surface area (Å²) in [4.78, 5) is 17.7. The Kier molecular flexibility index (Phi) is 3.63. The lowest BCUT2D eigenvalue weighted by molar-refractivity contribution is 0.194. The van der Waals surface area contributed by atoms with E-state index in [4.69, 9.17) is 0 Å². The third-order valence-electron chi connectivity index (χ3n) is 4.47. The molecule has 0 spiro atoms. The van der Waals surface area contributed by atoms with Crippen LogP contribution in [0, 0.1) is 0 Å². The largest absolute Gasteiger partial charge is 0.353 e. The second kappa shape index (κ2) is 5.92. The van der Waals surface area contributed by atoms with Crippen molar-refractivity contribution >= 4 is 11.5 Å². The maximum atomic E-state index is 4.48. The molecule has 0 radical (unpaired) electrons. The van der Waals surface area contributed by atoms with Gasteiger partial charge in [0, 0.05) is 38.4 Å². The maximum absolute atomic E-state index is 4.48. The molecule has 7 heteroatoms. The standard InChI is InChI=1S/C16H19N7/c1-13(14-4-2-3-5-18-14)21-6-8-22(9-7-21)16-11-17-10-15-19-12-20-23(15)16/h2-5,10-13H,6-9H2,1H3. The van der Waals surface area contributed by atoms with E-state index in [9.17, 15) is 0 Å². The zero-order valence-corrected chi connectivity index (χ0v) is 13.1. The summed E-state index contributed by atoms with van der Waals surface area (Å²) in [5.41, 5.74) is 1.91. The number of nitrogens with zero attached hydrogens (tertiary/aromatic N) is 7. The van der Waals surface area contributed by atoms with E-state index < -0.39 is 0 Å². The summed E-state index contributed by atoms with van der Waals surface area (Å²) in [6.45, 7) is 6.08. The van der Waals surface area contributed by atoms with Crippen LogP contribution in [-0.2, 0) is 0 Å². The molecule has 3 aromatic heterocycles. The molecular formula is C16H19N7. The van der Waals surface area contributed by atoms with Crippen molar-refractivity contribution in [3.63, 3.8) is 0 Å². The molecule has 0 aliphatic carbocycles. The molecule has 0 N–H and O–H groups in total. The van der Waals surface area contributed by atoms with Gasteiger partial charge in [0.15, 0.2) is 11.5 Å². The van der Waals surface area contributed by atoms with E-state index in [-0.39, 0.29) is 0 Å². The minimum atomic E-state index is 0.332. The summed E-state index contributed by atoms with van der Waals surface area (Å²) >= 11 is 0. The average molecular weight is 309 g/mol. The summed E-state index contributed by atoms with van der Waals surface area (Å²) in [7, 11) is 0. The number of fused-ring (bicyclic) bond motifs is 1. The fraction of sp³-hybridized carbons (Fsp3) is 0.375. The highest BCUT2D eigenvalue weighted by Crippen LogP contribution is 2.22. The molecule has 0 bridgehead atoms. The van der Waals surface area contributed by atoms with Gasteiger partial charge in [-0.25, -0.2) is 4.98 Å². The molecule has 4 rings (SSSR count). The van der Waals surface area contributed by atoms with E-state index in [1.54, 1.807) is 12.5 Å². The number of piperazine rings is 1. The van der Waals surface area contributed by atoms with E-state index in [0.717, 1.165) is 43.3 Å². The smallest absolute Gasteiger partial charge is 0.175 e. The Labute approximate surface area is 134 Å². The van der Waals surface area contributed by atoms with Gasteiger partial charge in [-0.3, -0.25) is 14.9 Å². The van der Waals surface area contributed by atoms with Crippen LogP contribution in [0.2, 0.25) is 0 Å². The SMILES string of the molecule is CC(c1ccccn1)N1CCN(c2cncc3ncnn23)CC1. The molecule has 1 unspecified atom stereocenters. The lowest BCUT2D eigenvalue weighted by Crippen LogP contribution is -2.47. The van der Waals surface area contributed by atoms with Gasteiger partial charge >= 0.3 is 0 Å². The summed E-state index contributed by atoms with van der Waals surface area (Å²) in [5.74, 6) is 1.00. The highest BCUT2D eigenvalue weighted by atomic mass is 15.4. The van der Waals surface area contributed by atoms with Gasteiger partial charge in [-0.15, -0.1) is 0 Å². The van der Waals surface area contributed by atoms with Crippen LogP contribution in [0.5, 0.6) is 0 Å². The molecule has 23 heavy (non-hydrogen) atoms. The molecule has 0 aromatic carbocycles. The first-order valence-corrected chi connectivity index (χ1v) is 7.86. The quantitative estimate of drug-likeness (QED) is 0.729. The topological polar surface area (TPSA) is 62.5 Å². The number of pyridine rings is 1. The minimum Gasteiger partial charge on any atom is -0.353 e. The van der Waals surface area contributed by atoms with Crippen LogP contribution >= 0.6 is 0 Å². The predicted molar refractivity (Wildman–Crippen MR) is 87.2 cm³/mol. The van der Waals surface area contributed by atoms with Gasteiger partial charge in [0.05, 0.1) is 18.1 Å².